The third kappa shape index (κ3) is 1.93. The highest BCUT2D eigenvalue weighted by atomic mass is 14.9. The van der Waals surface area contributed by atoms with Crippen LogP contribution in [0.3, 0.4) is 0 Å². The zero-order valence-electron chi connectivity index (χ0n) is 9.32. The van der Waals surface area contributed by atoms with Gasteiger partial charge in [-0.1, -0.05) is 18.2 Å². The lowest BCUT2D eigenvalue weighted by Gasteiger charge is -2.10. The van der Waals surface area contributed by atoms with Crippen LogP contribution in [0.5, 0.6) is 0 Å². The van der Waals surface area contributed by atoms with Crippen molar-refractivity contribution in [2.75, 3.05) is 6.54 Å². The second-order valence-corrected chi connectivity index (χ2v) is 4.55. The molecule has 82 valence electrons. The van der Waals surface area contributed by atoms with E-state index in [2.05, 4.69) is 34.6 Å². The maximum Gasteiger partial charge on any atom is 0.0346 e. The van der Waals surface area contributed by atoms with E-state index in [1.807, 2.05) is 12.4 Å². The second kappa shape index (κ2) is 4.22. The Bertz CT molecular complexity index is 487. The number of benzene rings is 1. The third-order valence-electron chi connectivity index (χ3n) is 3.35. The lowest BCUT2D eigenvalue weighted by atomic mass is 10.0. The molecule has 1 aromatic carbocycles. The zero-order chi connectivity index (χ0) is 10.8. The van der Waals surface area contributed by atoms with Crippen molar-refractivity contribution in [3.63, 3.8) is 0 Å². The van der Waals surface area contributed by atoms with Crippen molar-refractivity contribution in [3.05, 3.63) is 42.2 Å². The van der Waals surface area contributed by atoms with Gasteiger partial charge < -0.3 is 5.32 Å². The van der Waals surface area contributed by atoms with Crippen LogP contribution in [0, 0.1) is 0 Å². The molecular weight excluding hydrogens is 196 g/mol. The second-order valence-electron chi connectivity index (χ2n) is 4.55. The van der Waals surface area contributed by atoms with Crippen molar-refractivity contribution < 1.29 is 0 Å². The van der Waals surface area contributed by atoms with Gasteiger partial charge in [-0.2, -0.15) is 0 Å². The molecule has 0 radical (unpaired) electrons. The standard InChI is InChI=1S/C14H16N2/c1-2-14(16-6-1)9-11-3-4-13-10-15-7-5-12(13)8-11/h3-5,7-8,10,14,16H,1-2,6,9H2. The number of fused-ring (bicyclic) bond motifs is 1. The summed E-state index contributed by atoms with van der Waals surface area (Å²) in [5.74, 6) is 0. The van der Waals surface area contributed by atoms with Crippen LogP contribution in [0.2, 0.25) is 0 Å². The number of hydrogen-bond acceptors (Lipinski definition) is 2. The van der Waals surface area contributed by atoms with Gasteiger partial charge >= 0.3 is 0 Å². The van der Waals surface area contributed by atoms with Crippen molar-refractivity contribution in [2.45, 2.75) is 25.3 Å². The molecule has 0 bridgehead atoms. The Labute approximate surface area is 95.7 Å². The molecule has 1 unspecified atom stereocenters. The Morgan fingerprint density at radius 1 is 1.25 bits per heavy atom. The summed E-state index contributed by atoms with van der Waals surface area (Å²) in [4.78, 5) is 4.13. The van der Waals surface area contributed by atoms with Crippen LogP contribution in [0.15, 0.2) is 36.7 Å². The van der Waals surface area contributed by atoms with Crippen molar-refractivity contribution in [3.8, 4) is 0 Å². The summed E-state index contributed by atoms with van der Waals surface area (Å²) in [7, 11) is 0. The minimum atomic E-state index is 0.680. The molecule has 1 saturated heterocycles. The normalized spacial score (nSPS) is 20.4. The monoisotopic (exact) mass is 212 g/mol. The molecule has 0 spiro atoms. The Morgan fingerprint density at radius 2 is 2.25 bits per heavy atom. The fourth-order valence-electron chi connectivity index (χ4n) is 2.48. The molecule has 16 heavy (non-hydrogen) atoms. The highest BCUT2D eigenvalue weighted by molar-refractivity contribution is 5.82. The van der Waals surface area contributed by atoms with Gasteiger partial charge in [0.25, 0.3) is 0 Å². The maximum atomic E-state index is 4.13. The van der Waals surface area contributed by atoms with E-state index in [4.69, 9.17) is 0 Å². The van der Waals surface area contributed by atoms with Crippen LogP contribution in [0.4, 0.5) is 0 Å². The number of pyridine rings is 1. The van der Waals surface area contributed by atoms with Crippen molar-refractivity contribution >= 4 is 10.8 Å². The van der Waals surface area contributed by atoms with E-state index in [9.17, 15) is 0 Å². The first-order chi connectivity index (χ1) is 7.92. The van der Waals surface area contributed by atoms with E-state index in [0.29, 0.717) is 6.04 Å². The van der Waals surface area contributed by atoms with Crippen LogP contribution in [-0.2, 0) is 6.42 Å². The molecule has 1 N–H and O–H groups in total. The third-order valence-corrected chi connectivity index (χ3v) is 3.35. The summed E-state index contributed by atoms with van der Waals surface area (Å²) in [6.07, 6.45) is 7.57. The lowest BCUT2D eigenvalue weighted by molar-refractivity contribution is 0.603. The smallest absolute Gasteiger partial charge is 0.0346 e. The van der Waals surface area contributed by atoms with Gasteiger partial charge in [0.2, 0.25) is 0 Å². The van der Waals surface area contributed by atoms with Gasteiger partial charge in [0, 0.05) is 23.8 Å². The summed E-state index contributed by atoms with van der Waals surface area (Å²) < 4.78 is 0. The first-order valence-electron chi connectivity index (χ1n) is 5.98. The molecule has 2 nitrogen and oxygen atoms in total. The van der Waals surface area contributed by atoms with Gasteiger partial charge in [-0.3, -0.25) is 4.98 Å². The Balaban J connectivity index is 1.86. The number of hydrogen-bond donors (Lipinski definition) is 1. The summed E-state index contributed by atoms with van der Waals surface area (Å²) >= 11 is 0. The summed E-state index contributed by atoms with van der Waals surface area (Å²) in [5, 5.41) is 6.06. The van der Waals surface area contributed by atoms with Crippen molar-refractivity contribution in [2.24, 2.45) is 0 Å². The molecule has 1 atom stereocenters. The highest BCUT2D eigenvalue weighted by Crippen LogP contribution is 2.17. The molecule has 2 heterocycles. The fraction of sp³-hybridized carbons (Fsp3) is 0.357. The molecule has 0 aliphatic carbocycles. The van der Waals surface area contributed by atoms with Gasteiger partial charge in [0.05, 0.1) is 0 Å². The average Bonchev–Trinajstić information content (AvgIpc) is 2.82. The minimum absolute atomic E-state index is 0.680. The van der Waals surface area contributed by atoms with E-state index in [-0.39, 0.29) is 0 Å². The first-order valence-corrected chi connectivity index (χ1v) is 5.98. The van der Waals surface area contributed by atoms with Crippen molar-refractivity contribution in [1.82, 2.24) is 10.3 Å². The number of aromatic nitrogens is 1. The molecular formula is C14H16N2. The Kier molecular flexibility index (Phi) is 2.58. The summed E-state index contributed by atoms with van der Waals surface area (Å²) in [6, 6.07) is 9.45. The average molecular weight is 212 g/mol. The highest BCUT2D eigenvalue weighted by Gasteiger charge is 2.14. The van der Waals surface area contributed by atoms with Gasteiger partial charge in [-0.25, -0.2) is 0 Å². The van der Waals surface area contributed by atoms with E-state index < -0.39 is 0 Å². The number of rotatable bonds is 2. The molecule has 3 rings (SSSR count). The minimum Gasteiger partial charge on any atom is -0.314 e. The number of nitrogens with one attached hydrogen (secondary N) is 1. The van der Waals surface area contributed by atoms with E-state index in [1.165, 1.54) is 35.7 Å². The van der Waals surface area contributed by atoms with E-state index in [0.717, 1.165) is 6.42 Å². The fourth-order valence-corrected chi connectivity index (χ4v) is 2.48. The quantitative estimate of drug-likeness (QED) is 0.827. The van der Waals surface area contributed by atoms with Crippen molar-refractivity contribution in [1.29, 1.82) is 0 Å². The Morgan fingerprint density at radius 3 is 3.12 bits per heavy atom. The van der Waals surface area contributed by atoms with Gasteiger partial charge in [0.1, 0.15) is 0 Å². The Hall–Kier alpha value is -1.41. The molecule has 0 amide bonds. The summed E-state index contributed by atoms with van der Waals surface area (Å²) in [6.45, 7) is 1.18. The van der Waals surface area contributed by atoms with Crippen LogP contribution in [-0.4, -0.2) is 17.6 Å². The molecule has 1 fully saturated rings. The zero-order valence-corrected chi connectivity index (χ0v) is 9.32. The van der Waals surface area contributed by atoms with Crippen LogP contribution in [0.25, 0.3) is 10.8 Å². The van der Waals surface area contributed by atoms with Crippen LogP contribution >= 0.6 is 0 Å². The summed E-state index contributed by atoms with van der Waals surface area (Å²) in [5.41, 5.74) is 1.43. The van der Waals surface area contributed by atoms with Crippen LogP contribution in [0.1, 0.15) is 18.4 Å². The predicted octanol–water partition coefficient (Wildman–Crippen LogP) is 2.53. The molecule has 1 aromatic heterocycles. The van der Waals surface area contributed by atoms with Gasteiger partial charge in [0.15, 0.2) is 0 Å². The molecule has 2 heteroatoms. The largest absolute Gasteiger partial charge is 0.314 e. The van der Waals surface area contributed by atoms with Gasteiger partial charge in [-0.05, 0) is 42.8 Å². The molecule has 0 saturated carbocycles. The predicted molar refractivity (Wildman–Crippen MR) is 66.5 cm³/mol. The molecule has 1 aliphatic heterocycles. The first kappa shape index (κ1) is 9.79. The maximum absolute atomic E-state index is 4.13. The lowest BCUT2D eigenvalue weighted by Crippen LogP contribution is -2.23. The van der Waals surface area contributed by atoms with Crippen LogP contribution < -0.4 is 5.32 Å². The van der Waals surface area contributed by atoms with E-state index in [1.54, 1.807) is 0 Å². The number of nitrogens with zero attached hydrogens (tertiary/aromatic N) is 1. The SMILES string of the molecule is c1cc2cc(CC3CCCN3)ccc2cn1. The van der Waals surface area contributed by atoms with Gasteiger partial charge in [-0.15, -0.1) is 0 Å². The molecule has 2 aromatic rings. The van der Waals surface area contributed by atoms with E-state index >= 15 is 0 Å². The molecule has 1 aliphatic rings. The topological polar surface area (TPSA) is 24.9 Å².